The highest BCUT2D eigenvalue weighted by Crippen LogP contribution is 2.17. The van der Waals surface area contributed by atoms with Crippen LogP contribution in [0.2, 0.25) is 0 Å². The van der Waals surface area contributed by atoms with Crippen LogP contribution in [0.4, 0.5) is 0 Å². The number of aromatic nitrogens is 1. The number of hydrogen-bond acceptors (Lipinski definition) is 5. The van der Waals surface area contributed by atoms with Gasteiger partial charge in [-0.1, -0.05) is 6.92 Å². The van der Waals surface area contributed by atoms with Crippen LogP contribution >= 0.6 is 11.3 Å². The number of hydrogen-bond donors (Lipinski definition) is 0. The SMILES string of the molecule is CCCc1nc(C(=O)N2CCN(C(=O)c3ccc(OC)cc3)CC2)cs1. The molecule has 7 heteroatoms. The van der Waals surface area contributed by atoms with Gasteiger partial charge in [-0.2, -0.15) is 0 Å². The van der Waals surface area contributed by atoms with E-state index in [1.54, 1.807) is 41.2 Å². The molecule has 0 unspecified atom stereocenters. The van der Waals surface area contributed by atoms with Gasteiger partial charge >= 0.3 is 0 Å². The standard InChI is InChI=1S/C19H23N3O3S/c1-3-4-17-20-16(13-26-17)19(24)22-11-9-21(10-12-22)18(23)14-5-7-15(25-2)8-6-14/h5-8,13H,3-4,9-12H2,1-2H3. The molecular formula is C19H23N3O3S. The Morgan fingerprint density at radius 1 is 1.08 bits per heavy atom. The number of aryl methyl sites for hydroxylation is 1. The van der Waals surface area contributed by atoms with Crippen LogP contribution in [0.1, 0.15) is 39.2 Å². The van der Waals surface area contributed by atoms with Gasteiger partial charge in [0, 0.05) is 37.1 Å². The van der Waals surface area contributed by atoms with Gasteiger partial charge in [0.05, 0.1) is 12.1 Å². The van der Waals surface area contributed by atoms with E-state index in [4.69, 9.17) is 4.74 Å². The van der Waals surface area contributed by atoms with Crippen molar-refractivity contribution < 1.29 is 14.3 Å². The Hall–Kier alpha value is -2.41. The lowest BCUT2D eigenvalue weighted by Crippen LogP contribution is -2.50. The Bertz CT molecular complexity index is 765. The molecular weight excluding hydrogens is 350 g/mol. The molecule has 0 aliphatic carbocycles. The normalized spacial score (nSPS) is 14.4. The zero-order chi connectivity index (χ0) is 18.5. The molecule has 3 rings (SSSR count). The number of piperazine rings is 1. The smallest absolute Gasteiger partial charge is 0.273 e. The van der Waals surface area contributed by atoms with Gasteiger partial charge in [-0.05, 0) is 37.1 Å². The summed E-state index contributed by atoms with van der Waals surface area (Å²) in [6.07, 6.45) is 1.93. The third-order valence-corrected chi connectivity index (χ3v) is 5.33. The minimum atomic E-state index is -0.0415. The highest BCUT2D eigenvalue weighted by Gasteiger charge is 2.26. The Balaban J connectivity index is 1.57. The lowest BCUT2D eigenvalue weighted by atomic mass is 10.1. The number of carbonyl (C=O) groups is 2. The molecule has 0 spiro atoms. The van der Waals surface area contributed by atoms with Crippen molar-refractivity contribution in [3.8, 4) is 5.75 Å². The van der Waals surface area contributed by atoms with Gasteiger partial charge in [0.2, 0.25) is 0 Å². The first-order valence-electron chi connectivity index (χ1n) is 8.79. The van der Waals surface area contributed by atoms with Gasteiger partial charge in [0.15, 0.2) is 0 Å². The first-order chi connectivity index (χ1) is 12.6. The average molecular weight is 373 g/mol. The predicted octanol–water partition coefficient (Wildman–Crippen LogP) is 2.70. The summed E-state index contributed by atoms with van der Waals surface area (Å²) in [6.45, 7) is 4.22. The monoisotopic (exact) mass is 373 g/mol. The molecule has 1 aliphatic rings. The molecule has 2 aromatic rings. The maximum Gasteiger partial charge on any atom is 0.273 e. The van der Waals surface area contributed by atoms with E-state index in [1.807, 2.05) is 5.38 Å². The van der Waals surface area contributed by atoms with E-state index in [1.165, 1.54) is 11.3 Å². The van der Waals surface area contributed by atoms with E-state index in [9.17, 15) is 9.59 Å². The number of methoxy groups -OCH3 is 1. The van der Waals surface area contributed by atoms with Crippen molar-refractivity contribution in [1.29, 1.82) is 0 Å². The Kier molecular flexibility index (Phi) is 5.88. The summed E-state index contributed by atoms with van der Waals surface area (Å²) in [4.78, 5) is 33.2. The van der Waals surface area contributed by atoms with Crippen molar-refractivity contribution in [1.82, 2.24) is 14.8 Å². The van der Waals surface area contributed by atoms with Crippen molar-refractivity contribution in [2.75, 3.05) is 33.3 Å². The van der Waals surface area contributed by atoms with Crippen molar-refractivity contribution in [2.24, 2.45) is 0 Å². The first kappa shape index (κ1) is 18.4. The van der Waals surface area contributed by atoms with E-state index < -0.39 is 0 Å². The summed E-state index contributed by atoms with van der Waals surface area (Å²) in [6, 6.07) is 7.10. The van der Waals surface area contributed by atoms with Crippen molar-refractivity contribution >= 4 is 23.2 Å². The minimum absolute atomic E-state index is 0.0151. The topological polar surface area (TPSA) is 62.7 Å². The van der Waals surface area contributed by atoms with E-state index in [-0.39, 0.29) is 11.8 Å². The van der Waals surface area contributed by atoms with Gasteiger partial charge in [-0.25, -0.2) is 4.98 Å². The fourth-order valence-corrected chi connectivity index (χ4v) is 3.80. The molecule has 0 atom stereocenters. The van der Waals surface area contributed by atoms with Crippen molar-refractivity contribution in [2.45, 2.75) is 19.8 Å². The largest absolute Gasteiger partial charge is 0.497 e. The second-order valence-electron chi connectivity index (χ2n) is 6.19. The van der Waals surface area contributed by atoms with Gasteiger partial charge in [-0.3, -0.25) is 9.59 Å². The molecule has 26 heavy (non-hydrogen) atoms. The number of carbonyl (C=O) groups excluding carboxylic acids is 2. The molecule has 0 saturated carbocycles. The van der Waals surface area contributed by atoms with Crippen LogP contribution in [0.15, 0.2) is 29.6 Å². The van der Waals surface area contributed by atoms with E-state index >= 15 is 0 Å². The summed E-state index contributed by atoms with van der Waals surface area (Å²) in [7, 11) is 1.60. The number of thiazole rings is 1. The highest BCUT2D eigenvalue weighted by molar-refractivity contribution is 7.09. The molecule has 1 aromatic carbocycles. The summed E-state index contributed by atoms with van der Waals surface area (Å²) in [5, 5.41) is 2.84. The van der Waals surface area contributed by atoms with Crippen LogP contribution in [0.25, 0.3) is 0 Å². The molecule has 2 heterocycles. The number of amides is 2. The number of ether oxygens (including phenoxy) is 1. The van der Waals surface area contributed by atoms with Crippen LogP contribution in [0.5, 0.6) is 5.75 Å². The second kappa shape index (κ2) is 8.31. The van der Waals surface area contributed by atoms with Crippen molar-refractivity contribution in [3.63, 3.8) is 0 Å². The third kappa shape index (κ3) is 4.04. The Labute approximate surface area is 157 Å². The van der Waals surface area contributed by atoms with Gasteiger partial charge in [0.25, 0.3) is 11.8 Å². The number of nitrogens with zero attached hydrogens (tertiary/aromatic N) is 3. The maximum atomic E-state index is 12.6. The van der Waals surface area contributed by atoms with Crippen LogP contribution in [0.3, 0.4) is 0 Å². The summed E-state index contributed by atoms with van der Waals surface area (Å²) in [5.41, 5.74) is 1.16. The van der Waals surface area contributed by atoms with Gasteiger partial charge in [-0.15, -0.1) is 11.3 Å². The molecule has 138 valence electrons. The minimum Gasteiger partial charge on any atom is -0.497 e. The highest BCUT2D eigenvalue weighted by atomic mass is 32.1. The van der Waals surface area contributed by atoms with Crippen molar-refractivity contribution in [3.05, 3.63) is 45.9 Å². The maximum absolute atomic E-state index is 12.6. The van der Waals surface area contributed by atoms with Gasteiger partial charge < -0.3 is 14.5 Å². The van der Waals surface area contributed by atoms with Crippen LogP contribution < -0.4 is 4.74 Å². The molecule has 1 aromatic heterocycles. The Morgan fingerprint density at radius 2 is 1.69 bits per heavy atom. The lowest BCUT2D eigenvalue weighted by Gasteiger charge is -2.34. The average Bonchev–Trinajstić information content (AvgIpc) is 3.16. The molecule has 6 nitrogen and oxygen atoms in total. The molecule has 1 aliphatic heterocycles. The molecule has 2 amide bonds. The Morgan fingerprint density at radius 3 is 2.27 bits per heavy atom. The molecule has 0 N–H and O–H groups in total. The number of benzene rings is 1. The fourth-order valence-electron chi connectivity index (χ4n) is 2.93. The van der Waals surface area contributed by atoms with Crippen LogP contribution in [-0.2, 0) is 6.42 Å². The summed E-state index contributed by atoms with van der Waals surface area (Å²) in [5.74, 6) is 0.668. The zero-order valence-corrected chi connectivity index (χ0v) is 15.9. The fraction of sp³-hybridized carbons (Fsp3) is 0.421. The number of rotatable bonds is 5. The molecule has 0 radical (unpaired) electrons. The summed E-state index contributed by atoms with van der Waals surface area (Å²) >= 11 is 1.54. The van der Waals surface area contributed by atoms with E-state index in [0.717, 1.165) is 23.6 Å². The lowest BCUT2D eigenvalue weighted by molar-refractivity contribution is 0.0532. The zero-order valence-electron chi connectivity index (χ0n) is 15.1. The second-order valence-corrected chi connectivity index (χ2v) is 7.13. The van der Waals surface area contributed by atoms with E-state index in [2.05, 4.69) is 11.9 Å². The van der Waals surface area contributed by atoms with Crippen LogP contribution in [0, 0.1) is 0 Å². The van der Waals surface area contributed by atoms with E-state index in [0.29, 0.717) is 37.4 Å². The quantitative estimate of drug-likeness (QED) is 0.808. The predicted molar refractivity (Wildman–Crippen MR) is 101 cm³/mol. The molecule has 1 fully saturated rings. The third-order valence-electron chi connectivity index (χ3n) is 4.43. The molecule has 1 saturated heterocycles. The first-order valence-corrected chi connectivity index (χ1v) is 9.67. The van der Waals surface area contributed by atoms with Gasteiger partial charge in [0.1, 0.15) is 11.4 Å². The summed E-state index contributed by atoms with van der Waals surface area (Å²) < 4.78 is 5.12. The molecule has 0 bridgehead atoms. The van der Waals surface area contributed by atoms with Crippen LogP contribution in [-0.4, -0.2) is 59.9 Å².